The number of anilines is 1. The third-order valence-electron chi connectivity index (χ3n) is 3.25. The molecule has 0 unspecified atom stereocenters. The van der Waals surface area contributed by atoms with Gasteiger partial charge in [-0.15, -0.1) is 0 Å². The summed E-state index contributed by atoms with van der Waals surface area (Å²) in [4.78, 5) is 10.9. The molecule has 0 saturated carbocycles. The zero-order valence-electron chi connectivity index (χ0n) is 11.8. The first kappa shape index (κ1) is 14.9. The highest BCUT2D eigenvalue weighted by molar-refractivity contribution is 5.94. The van der Waals surface area contributed by atoms with Crippen LogP contribution in [0.1, 0.15) is 5.56 Å². The number of hydrogen-bond donors (Lipinski definition) is 3. The minimum Gasteiger partial charge on any atom is -0.395 e. The molecule has 3 rings (SSSR count). The van der Waals surface area contributed by atoms with Gasteiger partial charge in [0.25, 0.3) is 0 Å². The number of halogens is 2. The van der Waals surface area contributed by atoms with Crippen LogP contribution < -0.4 is 5.32 Å². The van der Waals surface area contributed by atoms with Crippen LogP contribution in [0.15, 0.2) is 24.5 Å². The third-order valence-corrected chi connectivity index (χ3v) is 3.25. The SMILES string of the molecule is N#Cc1cc(F)c(NCCO)nc1-c1c[nH]c2ncc(F)cc12. The maximum atomic E-state index is 13.9. The monoisotopic (exact) mass is 315 g/mol. The lowest BCUT2D eigenvalue weighted by Crippen LogP contribution is -2.09. The van der Waals surface area contributed by atoms with Crippen LogP contribution in [0.4, 0.5) is 14.6 Å². The van der Waals surface area contributed by atoms with E-state index in [-0.39, 0.29) is 30.2 Å². The molecule has 0 amide bonds. The van der Waals surface area contributed by atoms with Gasteiger partial charge < -0.3 is 15.4 Å². The second-order valence-corrected chi connectivity index (χ2v) is 4.73. The highest BCUT2D eigenvalue weighted by Crippen LogP contribution is 2.31. The summed E-state index contributed by atoms with van der Waals surface area (Å²) in [5.41, 5.74) is 1.09. The minimum atomic E-state index is -0.706. The topological polar surface area (TPSA) is 97.6 Å². The average Bonchev–Trinajstić information content (AvgIpc) is 2.96. The number of H-pyrrole nitrogens is 1. The van der Waals surface area contributed by atoms with E-state index in [9.17, 15) is 14.0 Å². The molecule has 0 spiro atoms. The number of aliphatic hydroxyl groups is 1. The van der Waals surface area contributed by atoms with Crippen molar-refractivity contribution in [1.29, 1.82) is 5.26 Å². The maximum Gasteiger partial charge on any atom is 0.166 e. The van der Waals surface area contributed by atoms with Crippen LogP contribution in [0, 0.1) is 23.0 Å². The van der Waals surface area contributed by atoms with E-state index in [2.05, 4.69) is 20.3 Å². The normalized spacial score (nSPS) is 10.7. The lowest BCUT2D eigenvalue weighted by atomic mass is 10.1. The van der Waals surface area contributed by atoms with Gasteiger partial charge in [0.2, 0.25) is 0 Å². The highest BCUT2D eigenvalue weighted by Gasteiger charge is 2.17. The van der Waals surface area contributed by atoms with Gasteiger partial charge in [0.05, 0.1) is 24.1 Å². The van der Waals surface area contributed by atoms with Gasteiger partial charge in [-0.1, -0.05) is 0 Å². The van der Waals surface area contributed by atoms with E-state index >= 15 is 0 Å². The van der Waals surface area contributed by atoms with Gasteiger partial charge >= 0.3 is 0 Å². The molecular formula is C15H11F2N5O. The van der Waals surface area contributed by atoms with Crippen LogP contribution in [-0.4, -0.2) is 33.2 Å². The van der Waals surface area contributed by atoms with Crippen LogP contribution in [-0.2, 0) is 0 Å². The first-order valence-electron chi connectivity index (χ1n) is 6.72. The van der Waals surface area contributed by atoms with E-state index in [0.29, 0.717) is 16.6 Å². The Morgan fingerprint density at radius 2 is 2.17 bits per heavy atom. The smallest absolute Gasteiger partial charge is 0.166 e. The molecule has 0 aliphatic rings. The quantitative estimate of drug-likeness (QED) is 0.685. The van der Waals surface area contributed by atoms with Crippen LogP contribution in [0.5, 0.6) is 0 Å². The number of fused-ring (bicyclic) bond motifs is 1. The van der Waals surface area contributed by atoms with E-state index in [4.69, 9.17) is 5.11 Å². The van der Waals surface area contributed by atoms with Crippen molar-refractivity contribution < 1.29 is 13.9 Å². The van der Waals surface area contributed by atoms with E-state index in [1.165, 1.54) is 12.3 Å². The second kappa shape index (κ2) is 5.98. The summed E-state index contributed by atoms with van der Waals surface area (Å²) in [6.07, 6.45) is 2.61. The molecule has 0 saturated heterocycles. The fourth-order valence-corrected chi connectivity index (χ4v) is 2.25. The molecule has 0 bridgehead atoms. The number of rotatable bonds is 4. The molecule has 3 aromatic rings. The lowest BCUT2D eigenvalue weighted by molar-refractivity contribution is 0.310. The predicted molar refractivity (Wildman–Crippen MR) is 79.5 cm³/mol. The number of nitrogens with one attached hydrogen (secondary N) is 2. The number of hydrogen-bond acceptors (Lipinski definition) is 5. The molecule has 0 atom stereocenters. The maximum absolute atomic E-state index is 13.9. The Hall–Kier alpha value is -3.05. The molecule has 23 heavy (non-hydrogen) atoms. The van der Waals surface area contributed by atoms with Crippen molar-refractivity contribution in [3.8, 4) is 17.3 Å². The zero-order chi connectivity index (χ0) is 16.4. The fraction of sp³-hybridized carbons (Fsp3) is 0.133. The number of nitriles is 1. The average molecular weight is 315 g/mol. The Morgan fingerprint density at radius 3 is 2.91 bits per heavy atom. The molecule has 3 N–H and O–H groups in total. The second-order valence-electron chi connectivity index (χ2n) is 4.73. The van der Waals surface area contributed by atoms with Crippen molar-refractivity contribution in [1.82, 2.24) is 15.0 Å². The first-order valence-corrected chi connectivity index (χ1v) is 6.72. The van der Waals surface area contributed by atoms with Crippen molar-refractivity contribution in [2.24, 2.45) is 0 Å². The number of aliphatic hydroxyl groups excluding tert-OH is 1. The number of pyridine rings is 2. The first-order chi connectivity index (χ1) is 11.1. The molecular weight excluding hydrogens is 304 g/mol. The standard InChI is InChI=1S/C15H11F2N5O/c16-9-4-10-11(7-21-14(10)20-6-9)13-8(5-18)3-12(17)15(22-13)19-1-2-23/h3-4,6-7,23H,1-2H2,(H,19,22)(H,20,21). The summed E-state index contributed by atoms with van der Waals surface area (Å²) in [5, 5.41) is 21.1. The molecule has 0 radical (unpaired) electrons. The largest absolute Gasteiger partial charge is 0.395 e. The van der Waals surface area contributed by atoms with E-state index < -0.39 is 11.6 Å². The van der Waals surface area contributed by atoms with Gasteiger partial charge in [0.1, 0.15) is 17.5 Å². The molecule has 0 aliphatic heterocycles. The van der Waals surface area contributed by atoms with E-state index in [1.54, 1.807) is 0 Å². The third kappa shape index (κ3) is 2.69. The Balaban J connectivity index is 2.20. The van der Waals surface area contributed by atoms with Gasteiger partial charge in [-0.25, -0.2) is 18.7 Å². The Labute approximate surface area is 129 Å². The predicted octanol–water partition coefficient (Wildman–Crippen LogP) is 2.18. The van der Waals surface area contributed by atoms with Gasteiger partial charge in [-0.05, 0) is 12.1 Å². The summed E-state index contributed by atoms with van der Waals surface area (Å²) in [6, 6.07) is 4.19. The van der Waals surface area contributed by atoms with Gasteiger partial charge in [0, 0.05) is 23.7 Å². The summed E-state index contributed by atoms with van der Waals surface area (Å²) in [6.45, 7) is -0.0853. The summed E-state index contributed by atoms with van der Waals surface area (Å²) in [7, 11) is 0. The molecule has 0 fully saturated rings. The summed E-state index contributed by atoms with van der Waals surface area (Å²) in [5.74, 6) is -1.33. The number of aromatic amines is 1. The Bertz CT molecular complexity index is 916. The minimum absolute atomic E-state index is 0.0159. The van der Waals surface area contributed by atoms with Crippen LogP contribution in [0.2, 0.25) is 0 Å². The molecule has 8 heteroatoms. The summed E-state index contributed by atoms with van der Waals surface area (Å²) < 4.78 is 27.4. The van der Waals surface area contributed by atoms with Gasteiger partial charge in [-0.2, -0.15) is 5.26 Å². The molecule has 3 aromatic heterocycles. The van der Waals surface area contributed by atoms with Crippen molar-refractivity contribution >= 4 is 16.9 Å². The van der Waals surface area contributed by atoms with Gasteiger partial charge in [-0.3, -0.25) is 0 Å². The van der Waals surface area contributed by atoms with E-state index in [1.807, 2.05) is 6.07 Å². The highest BCUT2D eigenvalue weighted by atomic mass is 19.1. The number of nitrogens with zero attached hydrogens (tertiary/aromatic N) is 3. The van der Waals surface area contributed by atoms with Crippen molar-refractivity contribution in [3.63, 3.8) is 0 Å². The van der Waals surface area contributed by atoms with Gasteiger partial charge in [0.15, 0.2) is 11.6 Å². The van der Waals surface area contributed by atoms with Crippen LogP contribution in [0.3, 0.4) is 0 Å². The lowest BCUT2D eigenvalue weighted by Gasteiger charge is -2.09. The molecule has 0 aromatic carbocycles. The van der Waals surface area contributed by atoms with Crippen LogP contribution >= 0.6 is 0 Å². The molecule has 3 heterocycles. The molecule has 116 valence electrons. The van der Waals surface area contributed by atoms with Crippen molar-refractivity contribution in [2.75, 3.05) is 18.5 Å². The molecule has 0 aliphatic carbocycles. The fourth-order valence-electron chi connectivity index (χ4n) is 2.25. The zero-order valence-corrected chi connectivity index (χ0v) is 11.8. The molecule has 6 nitrogen and oxygen atoms in total. The van der Waals surface area contributed by atoms with E-state index in [0.717, 1.165) is 12.3 Å². The van der Waals surface area contributed by atoms with Crippen LogP contribution in [0.25, 0.3) is 22.3 Å². The Morgan fingerprint density at radius 1 is 1.35 bits per heavy atom. The number of aromatic nitrogens is 3. The van der Waals surface area contributed by atoms with Crippen molar-refractivity contribution in [2.45, 2.75) is 0 Å². The van der Waals surface area contributed by atoms with Crippen molar-refractivity contribution in [3.05, 3.63) is 41.7 Å². The summed E-state index contributed by atoms with van der Waals surface area (Å²) >= 11 is 0. The Kier molecular flexibility index (Phi) is 3.87.